The van der Waals surface area contributed by atoms with Crippen molar-refractivity contribution in [1.82, 2.24) is 9.88 Å². The Hall–Kier alpha value is -3.32. The first-order valence-electron chi connectivity index (χ1n) is 13.0. The lowest BCUT2D eigenvalue weighted by Gasteiger charge is -2.16. The molecule has 0 aliphatic carbocycles. The van der Waals surface area contributed by atoms with E-state index in [0.29, 0.717) is 31.0 Å². The van der Waals surface area contributed by atoms with Gasteiger partial charge in [0, 0.05) is 25.9 Å². The molecule has 2 aromatic rings. The molecule has 1 aromatic heterocycles. The van der Waals surface area contributed by atoms with Crippen LogP contribution in [-0.4, -0.2) is 45.8 Å². The summed E-state index contributed by atoms with van der Waals surface area (Å²) in [7, 11) is 0. The molecule has 0 amide bonds. The molecule has 1 aromatic carbocycles. The van der Waals surface area contributed by atoms with E-state index in [1.807, 2.05) is 74.4 Å². The van der Waals surface area contributed by atoms with E-state index in [2.05, 4.69) is 20.8 Å². The second-order valence-electron chi connectivity index (χ2n) is 9.35. The Labute approximate surface area is 221 Å². The molecule has 37 heavy (non-hydrogen) atoms. The Morgan fingerprint density at radius 2 is 2.00 bits per heavy atom. The van der Waals surface area contributed by atoms with Gasteiger partial charge in [-0.05, 0) is 81.1 Å². The maximum Gasteiger partial charge on any atom is 0.303 e. The number of carboxylic acids is 1. The number of aromatic nitrogens is 1. The summed E-state index contributed by atoms with van der Waals surface area (Å²) in [5, 5.41) is 18.1. The molecule has 0 fully saturated rings. The van der Waals surface area contributed by atoms with Gasteiger partial charge in [0.2, 0.25) is 0 Å². The molecule has 0 radical (unpaired) electrons. The molecule has 1 atom stereocenters. The fourth-order valence-corrected chi connectivity index (χ4v) is 3.94. The number of likely N-dealkylation sites (N-methyl/N-ethyl adjacent to an activating group) is 1. The Morgan fingerprint density at radius 1 is 1.24 bits per heavy atom. The minimum atomic E-state index is -0.801. The second kappa shape index (κ2) is 15.1. The van der Waals surface area contributed by atoms with Crippen LogP contribution in [0.3, 0.4) is 0 Å². The van der Waals surface area contributed by atoms with Crippen LogP contribution in [0.4, 0.5) is 0 Å². The monoisotopic (exact) mass is 510 g/mol. The molecule has 2 rings (SSSR count). The van der Waals surface area contributed by atoms with Gasteiger partial charge in [0.1, 0.15) is 5.75 Å². The quantitative estimate of drug-likeness (QED) is 0.278. The number of aliphatic hydroxyl groups is 1. The van der Waals surface area contributed by atoms with Gasteiger partial charge in [-0.15, -0.1) is 0 Å². The summed E-state index contributed by atoms with van der Waals surface area (Å²) in [5.41, 5.74) is 3.98. The number of allylic oxidation sites excluding steroid dienone is 5. The van der Waals surface area contributed by atoms with Gasteiger partial charge < -0.3 is 24.3 Å². The minimum absolute atomic E-state index is 0.108. The molecule has 0 saturated heterocycles. The number of nitrogens with zero attached hydrogens (tertiary/aromatic N) is 2. The van der Waals surface area contributed by atoms with Crippen LogP contribution in [0.25, 0.3) is 0 Å². The number of benzene rings is 1. The highest BCUT2D eigenvalue weighted by molar-refractivity contribution is 5.67. The zero-order valence-electron chi connectivity index (χ0n) is 23.0. The van der Waals surface area contributed by atoms with Gasteiger partial charge in [0.15, 0.2) is 17.8 Å². The lowest BCUT2D eigenvalue weighted by molar-refractivity contribution is -0.136. The highest BCUT2D eigenvalue weighted by Gasteiger charge is 2.23. The number of hydrogen-bond acceptors (Lipinski definition) is 6. The number of aryl methyl sites for hydroxylation is 2. The van der Waals surface area contributed by atoms with Gasteiger partial charge in [-0.1, -0.05) is 38.1 Å². The van der Waals surface area contributed by atoms with Crippen LogP contribution in [-0.2, 0) is 17.6 Å². The molecule has 1 heterocycles. The average Bonchev–Trinajstić information content (AvgIpc) is 3.29. The normalized spacial score (nSPS) is 13.1. The van der Waals surface area contributed by atoms with Gasteiger partial charge in [-0.3, -0.25) is 4.79 Å². The summed E-state index contributed by atoms with van der Waals surface area (Å²) in [4.78, 5) is 17.7. The van der Waals surface area contributed by atoms with Crippen molar-refractivity contribution in [1.29, 1.82) is 0 Å². The van der Waals surface area contributed by atoms with E-state index in [1.165, 1.54) is 0 Å². The van der Waals surface area contributed by atoms with E-state index in [1.54, 1.807) is 0 Å². The first-order valence-corrected chi connectivity index (χ1v) is 13.0. The van der Waals surface area contributed by atoms with E-state index >= 15 is 0 Å². The molecule has 2 N–H and O–H groups in total. The van der Waals surface area contributed by atoms with Crippen molar-refractivity contribution in [3.8, 4) is 5.75 Å². The molecule has 0 aliphatic heterocycles. The summed E-state index contributed by atoms with van der Waals surface area (Å²) in [6.07, 6.45) is 10.8. The lowest BCUT2D eigenvalue weighted by atomic mass is 10.0. The number of rotatable bonds is 15. The number of hydrogen-bond donors (Lipinski definition) is 2. The van der Waals surface area contributed by atoms with Crippen molar-refractivity contribution in [2.24, 2.45) is 0 Å². The number of carbonyl (C=O) groups is 1. The summed E-state index contributed by atoms with van der Waals surface area (Å²) < 4.78 is 12.4. The summed E-state index contributed by atoms with van der Waals surface area (Å²) >= 11 is 0. The van der Waals surface area contributed by atoms with Crippen LogP contribution in [0, 0.1) is 6.92 Å². The third-order valence-electron chi connectivity index (χ3n) is 6.11. The van der Waals surface area contributed by atoms with E-state index in [4.69, 9.17) is 24.4 Å². The van der Waals surface area contributed by atoms with Crippen molar-refractivity contribution in [3.63, 3.8) is 0 Å². The van der Waals surface area contributed by atoms with E-state index in [0.717, 1.165) is 34.7 Å². The largest absolute Gasteiger partial charge is 0.483 e. The van der Waals surface area contributed by atoms with Crippen LogP contribution >= 0.6 is 0 Å². The SMILES string of the molecule is C\C=C(/C=C\C=C\N(CC)CCO)Cc1nc(C(C)C)c(C(C)Oc2ccc(CCC(=O)O)c(C)c2)o1. The zero-order chi connectivity index (χ0) is 27.4. The van der Waals surface area contributed by atoms with E-state index in [9.17, 15) is 4.79 Å². The third-order valence-corrected chi connectivity index (χ3v) is 6.11. The topological polar surface area (TPSA) is 96.0 Å². The van der Waals surface area contributed by atoms with Crippen molar-refractivity contribution in [2.75, 3.05) is 19.7 Å². The Balaban J connectivity index is 2.13. The number of oxazole rings is 1. The van der Waals surface area contributed by atoms with Crippen LogP contribution in [0.1, 0.15) is 81.5 Å². The van der Waals surface area contributed by atoms with Crippen molar-refractivity contribution < 1.29 is 24.2 Å². The highest BCUT2D eigenvalue weighted by atomic mass is 16.5. The van der Waals surface area contributed by atoms with Crippen LogP contribution in [0.5, 0.6) is 5.75 Å². The fourth-order valence-electron chi connectivity index (χ4n) is 3.94. The minimum Gasteiger partial charge on any atom is -0.483 e. The summed E-state index contributed by atoms with van der Waals surface area (Å²) in [6, 6.07) is 5.75. The predicted octanol–water partition coefficient (Wildman–Crippen LogP) is 6.14. The van der Waals surface area contributed by atoms with Gasteiger partial charge in [0.25, 0.3) is 0 Å². The highest BCUT2D eigenvalue weighted by Crippen LogP contribution is 2.31. The average molecular weight is 511 g/mol. The number of aliphatic hydroxyl groups excluding tert-OH is 1. The Morgan fingerprint density at radius 3 is 2.59 bits per heavy atom. The maximum absolute atomic E-state index is 10.9. The summed E-state index contributed by atoms with van der Waals surface area (Å²) in [6.45, 7) is 13.7. The number of ether oxygens (including phenoxy) is 1. The molecule has 0 aliphatic rings. The molecule has 0 spiro atoms. The maximum atomic E-state index is 10.9. The number of aliphatic carboxylic acids is 1. The van der Waals surface area contributed by atoms with E-state index in [-0.39, 0.29) is 25.0 Å². The van der Waals surface area contributed by atoms with Crippen LogP contribution < -0.4 is 4.74 Å². The first kappa shape index (κ1) is 29.9. The number of carboxylic acid groups (broad SMARTS) is 1. The van der Waals surface area contributed by atoms with Gasteiger partial charge in [-0.25, -0.2) is 4.98 Å². The molecule has 0 bridgehead atoms. The van der Waals surface area contributed by atoms with Crippen LogP contribution in [0.15, 0.2) is 58.7 Å². The van der Waals surface area contributed by atoms with Crippen molar-refractivity contribution in [2.45, 2.75) is 72.8 Å². The molecule has 202 valence electrons. The molecular weight excluding hydrogens is 468 g/mol. The Bertz CT molecular complexity index is 1100. The van der Waals surface area contributed by atoms with Gasteiger partial charge in [0.05, 0.1) is 12.3 Å². The standard InChI is InChI=1S/C30H42N2O5/c1-7-24(11-9-10-16-32(8-2)17-18-33)20-27-31-29(21(3)4)30(37-27)23(6)36-26-14-12-25(22(5)19-26)13-15-28(34)35/h7,9-12,14,16,19,21,23,33H,8,13,15,17-18,20H2,1-6H3,(H,34,35)/b11-9-,16-10+,24-7+. The molecular formula is C30H42N2O5. The predicted molar refractivity (Wildman–Crippen MR) is 147 cm³/mol. The summed E-state index contributed by atoms with van der Waals surface area (Å²) in [5.74, 6) is 1.46. The first-order chi connectivity index (χ1) is 17.7. The van der Waals surface area contributed by atoms with Crippen LogP contribution in [0.2, 0.25) is 0 Å². The van der Waals surface area contributed by atoms with Crippen molar-refractivity contribution >= 4 is 5.97 Å². The second-order valence-corrected chi connectivity index (χ2v) is 9.35. The van der Waals surface area contributed by atoms with Crippen molar-refractivity contribution in [3.05, 3.63) is 82.7 Å². The fraction of sp³-hybridized carbons (Fsp3) is 0.467. The smallest absolute Gasteiger partial charge is 0.303 e. The molecule has 1 unspecified atom stereocenters. The third kappa shape index (κ3) is 9.57. The Kier molecular flexibility index (Phi) is 12.2. The molecule has 0 saturated carbocycles. The molecule has 7 heteroatoms. The zero-order valence-corrected chi connectivity index (χ0v) is 23.0. The molecule has 7 nitrogen and oxygen atoms in total. The lowest BCUT2D eigenvalue weighted by Crippen LogP contribution is -2.20. The van der Waals surface area contributed by atoms with Gasteiger partial charge in [-0.2, -0.15) is 0 Å². The van der Waals surface area contributed by atoms with E-state index < -0.39 is 5.97 Å². The van der Waals surface area contributed by atoms with Gasteiger partial charge >= 0.3 is 5.97 Å².